The molecule has 0 bridgehead atoms. The van der Waals surface area contributed by atoms with E-state index in [-0.39, 0.29) is 17.0 Å². The Morgan fingerprint density at radius 1 is 0.425 bits per heavy atom. The zero-order chi connectivity index (χ0) is 28.5. The van der Waals surface area contributed by atoms with Gasteiger partial charge in [-0.25, -0.2) is 0 Å². The minimum absolute atomic E-state index is 0. The average molecular weight is 630 g/mol. The van der Waals surface area contributed by atoms with Gasteiger partial charge < -0.3 is 17.0 Å². The second-order valence-corrected chi connectivity index (χ2v) is 12.8. The number of nitrogens with zero attached hydrogens (tertiary/aromatic N) is 2. The molecule has 2 nitrogen and oxygen atoms in total. The van der Waals surface area contributed by atoms with Gasteiger partial charge in [-0.1, -0.05) is 200 Å². The third-order valence-corrected chi connectivity index (χ3v) is 8.71. The van der Waals surface area contributed by atoms with Gasteiger partial charge in [0.15, 0.2) is 0 Å². The molecule has 0 saturated heterocycles. The van der Waals surface area contributed by atoms with Crippen LogP contribution in [-0.4, -0.2) is 42.5 Å². The van der Waals surface area contributed by atoms with E-state index < -0.39 is 0 Å². The predicted molar refractivity (Wildman–Crippen MR) is 180 cm³/mol. The maximum atomic E-state index is 2.31. The zero-order valence-electron chi connectivity index (χ0n) is 28.5. The molecule has 0 fully saturated rings. The van der Waals surface area contributed by atoms with E-state index in [0.717, 1.165) is 6.54 Å². The first-order valence-corrected chi connectivity index (χ1v) is 18.5. The highest BCUT2D eigenvalue weighted by atomic mass is 79.9. The van der Waals surface area contributed by atoms with Crippen molar-refractivity contribution in [3.8, 4) is 0 Å². The fraction of sp³-hybridized carbons (Fsp3) is 0.973. The molecule has 3 heteroatoms. The highest BCUT2D eigenvalue weighted by Gasteiger charge is 2.12. The third kappa shape index (κ3) is 34.2. The standard InChI is InChI=1S/C31H64.C6H13N2.BrH/c1-3-5-7-9-11-13-15-17-19-21-23-25-27-29-31-30-28-26-24-22-20-18-16-14-12-10-8-6-4-2;1-3-8-5-4-7(2)6-8;/h3-31H2,1-2H3;6H,3-5H2,1-2H3;1H/q;+1;/p-1. The average Bonchev–Trinajstić information content (AvgIpc) is 3.38. The zero-order valence-corrected chi connectivity index (χ0v) is 30.1. The molecule has 1 aliphatic heterocycles. The van der Waals surface area contributed by atoms with Gasteiger partial charge >= 0.3 is 0 Å². The summed E-state index contributed by atoms with van der Waals surface area (Å²) in [6.07, 6.45) is 45.1. The van der Waals surface area contributed by atoms with E-state index in [1.807, 2.05) is 0 Å². The van der Waals surface area contributed by atoms with Crippen LogP contribution < -0.4 is 17.0 Å². The molecule has 40 heavy (non-hydrogen) atoms. The first-order valence-electron chi connectivity index (χ1n) is 18.5. The van der Waals surface area contributed by atoms with Gasteiger partial charge in [0.1, 0.15) is 13.1 Å². The molecule has 0 aliphatic carbocycles. The Kier molecular flexibility index (Phi) is 38.9. The molecule has 0 aromatic carbocycles. The topological polar surface area (TPSA) is 6.25 Å². The molecular formula is C37H77BrN2. The number of rotatable bonds is 29. The van der Waals surface area contributed by atoms with E-state index in [9.17, 15) is 0 Å². The summed E-state index contributed by atoms with van der Waals surface area (Å²) < 4.78 is 2.21. The second kappa shape index (κ2) is 37.0. The molecule has 0 spiro atoms. The summed E-state index contributed by atoms with van der Waals surface area (Å²) >= 11 is 0. The number of halogens is 1. The Bertz CT molecular complexity index is 451. The third-order valence-electron chi connectivity index (χ3n) is 8.71. The van der Waals surface area contributed by atoms with Crippen LogP contribution in [0.1, 0.15) is 207 Å². The smallest absolute Gasteiger partial charge is 0.234 e. The van der Waals surface area contributed by atoms with Crippen molar-refractivity contribution in [1.82, 2.24) is 4.90 Å². The summed E-state index contributed by atoms with van der Waals surface area (Å²) in [5.74, 6) is 0. The van der Waals surface area contributed by atoms with Gasteiger partial charge in [-0.2, -0.15) is 0 Å². The maximum Gasteiger partial charge on any atom is 0.234 e. The summed E-state index contributed by atoms with van der Waals surface area (Å²) in [5, 5.41) is 0. The van der Waals surface area contributed by atoms with Gasteiger partial charge in [-0.3, -0.25) is 9.48 Å². The molecule has 0 N–H and O–H groups in total. The van der Waals surface area contributed by atoms with Crippen molar-refractivity contribution in [3.63, 3.8) is 0 Å². The summed E-state index contributed by atoms with van der Waals surface area (Å²) in [7, 11) is 2.11. The summed E-state index contributed by atoms with van der Waals surface area (Å²) in [6.45, 7) is 10.3. The molecule has 0 atom stereocenters. The SMILES string of the molecule is CCCCCCCCCCCCCCCCCCCCCCCCCCCCCCC.CCN1C=[N+](C)CC1.[Br-]. The Labute approximate surface area is 265 Å². The molecule has 0 saturated carbocycles. The van der Waals surface area contributed by atoms with Crippen molar-refractivity contribution >= 4 is 6.34 Å². The van der Waals surface area contributed by atoms with E-state index in [0.29, 0.717) is 0 Å². The second-order valence-electron chi connectivity index (χ2n) is 12.8. The highest BCUT2D eigenvalue weighted by Crippen LogP contribution is 2.16. The number of unbranched alkanes of at least 4 members (excludes halogenated alkanes) is 28. The lowest BCUT2D eigenvalue weighted by atomic mass is 10.0. The van der Waals surface area contributed by atoms with Crippen LogP contribution >= 0.6 is 0 Å². The van der Waals surface area contributed by atoms with Crippen LogP contribution in [0, 0.1) is 0 Å². The van der Waals surface area contributed by atoms with Gasteiger partial charge in [0.2, 0.25) is 6.34 Å². The van der Waals surface area contributed by atoms with Crippen molar-refractivity contribution in [3.05, 3.63) is 0 Å². The molecule has 0 radical (unpaired) electrons. The molecule has 0 amide bonds. The van der Waals surface area contributed by atoms with Crippen molar-refractivity contribution in [2.45, 2.75) is 207 Å². The Hall–Kier alpha value is -0.0500. The van der Waals surface area contributed by atoms with E-state index in [1.54, 1.807) is 0 Å². The summed E-state index contributed by atoms with van der Waals surface area (Å²) in [6, 6.07) is 0. The minimum Gasteiger partial charge on any atom is -1.00 e. The fourth-order valence-corrected chi connectivity index (χ4v) is 5.84. The van der Waals surface area contributed by atoms with Crippen LogP contribution in [-0.2, 0) is 0 Å². The summed E-state index contributed by atoms with van der Waals surface area (Å²) in [4.78, 5) is 2.31. The number of hydrogen-bond acceptors (Lipinski definition) is 1. The molecule has 1 heterocycles. The van der Waals surface area contributed by atoms with E-state index in [1.165, 1.54) is 199 Å². The molecule has 0 unspecified atom stereocenters. The van der Waals surface area contributed by atoms with Gasteiger partial charge in [0.25, 0.3) is 0 Å². The van der Waals surface area contributed by atoms with Crippen LogP contribution in [0.2, 0.25) is 0 Å². The monoisotopic (exact) mass is 629 g/mol. The first-order chi connectivity index (χ1) is 19.2. The van der Waals surface area contributed by atoms with Crippen LogP contribution in [0.15, 0.2) is 0 Å². The molecule has 0 aromatic rings. The van der Waals surface area contributed by atoms with Crippen LogP contribution in [0.3, 0.4) is 0 Å². The van der Waals surface area contributed by atoms with Crippen LogP contribution in [0.4, 0.5) is 0 Å². The predicted octanol–water partition coefficient (Wildman–Crippen LogP) is 9.34. The molecule has 0 aromatic heterocycles. The lowest BCUT2D eigenvalue weighted by Gasteiger charge is -2.04. The number of likely N-dealkylation sites (N-methyl/N-ethyl adjacent to an activating group) is 2. The van der Waals surface area contributed by atoms with Crippen molar-refractivity contribution in [2.75, 3.05) is 26.7 Å². The van der Waals surface area contributed by atoms with Gasteiger partial charge in [-0.15, -0.1) is 0 Å². The van der Waals surface area contributed by atoms with Crippen LogP contribution in [0.25, 0.3) is 0 Å². The van der Waals surface area contributed by atoms with Crippen LogP contribution in [0.5, 0.6) is 0 Å². The highest BCUT2D eigenvalue weighted by molar-refractivity contribution is 5.49. The maximum absolute atomic E-state index is 2.31. The largest absolute Gasteiger partial charge is 1.00 e. The molecule has 242 valence electrons. The van der Waals surface area contributed by atoms with E-state index in [4.69, 9.17) is 0 Å². The lowest BCUT2D eigenvalue weighted by molar-refractivity contribution is -0.482. The Morgan fingerprint density at radius 2 is 0.650 bits per heavy atom. The van der Waals surface area contributed by atoms with E-state index in [2.05, 4.69) is 43.6 Å². The molecule has 1 aliphatic rings. The normalized spacial score (nSPS) is 12.7. The number of hydrogen-bond donors (Lipinski definition) is 0. The lowest BCUT2D eigenvalue weighted by Crippen LogP contribution is -3.00. The quantitative estimate of drug-likeness (QED) is 0.0590. The van der Waals surface area contributed by atoms with Gasteiger partial charge in [-0.05, 0) is 6.92 Å². The van der Waals surface area contributed by atoms with Crippen molar-refractivity contribution in [2.24, 2.45) is 0 Å². The van der Waals surface area contributed by atoms with Gasteiger partial charge in [0.05, 0.1) is 13.6 Å². The summed E-state index contributed by atoms with van der Waals surface area (Å²) in [5.41, 5.74) is 0. The van der Waals surface area contributed by atoms with Crippen molar-refractivity contribution in [1.29, 1.82) is 0 Å². The Balaban J connectivity index is 0. The Morgan fingerprint density at radius 3 is 0.775 bits per heavy atom. The first kappa shape index (κ1) is 42.1. The van der Waals surface area contributed by atoms with E-state index >= 15 is 0 Å². The molecule has 1 rings (SSSR count). The van der Waals surface area contributed by atoms with Crippen molar-refractivity contribution < 1.29 is 21.6 Å². The molecular weight excluding hydrogens is 552 g/mol. The van der Waals surface area contributed by atoms with Gasteiger partial charge in [0, 0.05) is 0 Å². The minimum atomic E-state index is 0. The fourth-order valence-electron chi connectivity index (χ4n) is 5.84.